The Morgan fingerprint density at radius 1 is 0.518 bits per heavy atom. The fraction of sp³-hybridized carbons (Fsp3) is 0.280. The summed E-state index contributed by atoms with van der Waals surface area (Å²) in [7, 11) is 10.6. The fourth-order valence-corrected chi connectivity index (χ4v) is 10.7. The quantitative estimate of drug-likeness (QED) is 0.142. The van der Waals surface area contributed by atoms with Crippen molar-refractivity contribution in [3.05, 3.63) is 163 Å². The third-order valence-electron chi connectivity index (χ3n) is 11.7. The van der Waals surface area contributed by atoms with Crippen LogP contribution in [0.3, 0.4) is 0 Å². The molecule has 0 saturated carbocycles. The molecule has 0 fully saturated rings. The number of rotatable bonds is 8. The van der Waals surface area contributed by atoms with E-state index >= 15 is 0 Å². The molecule has 0 N–H and O–H groups in total. The minimum atomic E-state index is -0.826. The number of hydrogen-bond donors (Lipinski definition) is 0. The molecule has 4 aromatic carbocycles. The second-order valence-electron chi connectivity index (χ2n) is 16.0. The van der Waals surface area contributed by atoms with E-state index in [0.29, 0.717) is 0 Å². The first-order valence-electron chi connectivity index (χ1n) is 19.5. The number of allylic oxidation sites excluding steroid dienone is 2. The Hall–Kier alpha value is -3.40. The average Bonchev–Trinajstić information content (AvgIpc) is 3.91. The average molecular weight is 873 g/mol. The van der Waals surface area contributed by atoms with Gasteiger partial charge in [0.1, 0.15) is 23.0 Å². The zero-order chi connectivity index (χ0) is 40.0. The number of furan rings is 2. The molecule has 2 radical (unpaired) electrons. The number of fused-ring (bicyclic) bond motifs is 2. The van der Waals surface area contributed by atoms with Crippen LogP contribution < -0.4 is 0 Å². The topological polar surface area (TPSA) is 26.3 Å². The van der Waals surface area contributed by atoms with Crippen molar-refractivity contribution in [2.24, 2.45) is 0 Å². The van der Waals surface area contributed by atoms with E-state index in [2.05, 4.69) is 154 Å². The van der Waals surface area contributed by atoms with Gasteiger partial charge >= 0.3 is 37.9 Å². The molecule has 2 aliphatic carbocycles. The van der Waals surface area contributed by atoms with Crippen LogP contribution in [-0.2, 0) is 20.8 Å². The van der Waals surface area contributed by atoms with Crippen molar-refractivity contribution in [1.82, 2.24) is 0 Å². The van der Waals surface area contributed by atoms with E-state index in [-0.39, 0.29) is 11.8 Å². The van der Waals surface area contributed by atoms with Crippen LogP contribution in [0.5, 0.6) is 0 Å². The van der Waals surface area contributed by atoms with E-state index in [0.717, 1.165) is 44.6 Å². The second-order valence-corrected chi connectivity index (χ2v) is 21.0. The summed E-state index contributed by atoms with van der Waals surface area (Å²) >= 11 is -0.826. The Kier molecular flexibility index (Phi) is 12.3. The van der Waals surface area contributed by atoms with Crippen LogP contribution in [0.1, 0.15) is 102 Å². The van der Waals surface area contributed by atoms with Crippen LogP contribution >= 0.6 is 17.0 Å². The van der Waals surface area contributed by atoms with Gasteiger partial charge in [-0.2, -0.15) is 0 Å². The van der Waals surface area contributed by atoms with Crippen molar-refractivity contribution >= 4 is 49.8 Å². The van der Waals surface area contributed by atoms with E-state index in [9.17, 15) is 0 Å². The predicted octanol–water partition coefficient (Wildman–Crippen LogP) is 15.2. The van der Waals surface area contributed by atoms with E-state index in [1.54, 1.807) is 0 Å². The summed E-state index contributed by atoms with van der Waals surface area (Å²) in [6.07, 6.45) is 4.90. The SMILES string of the molecule is Cc1cc(C)cc(-c2c(C)c(C)cc3c2C=C(c2ccc(C)o2)C3C[Si]CC2C(c3ccc(C)o3)=Cc3c2cc(C)c(C)c3-c2cc(C)cc(C)c2)c1.[Cl][Zr][Cl]. The number of benzene rings is 4. The zero-order valence-electron chi connectivity index (χ0n) is 34.2. The fourth-order valence-electron chi connectivity index (χ4n) is 9.12. The van der Waals surface area contributed by atoms with E-state index < -0.39 is 20.8 Å². The van der Waals surface area contributed by atoms with Gasteiger partial charge in [0.05, 0.1) is 0 Å². The van der Waals surface area contributed by atoms with Gasteiger partial charge in [0.15, 0.2) is 0 Å². The number of hydrogen-bond acceptors (Lipinski definition) is 2. The third kappa shape index (κ3) is 8.02. The summed E-state index contributed by atoms with van der Waals surface area (Å²) in [6.45, 7) is 22.1. The van der Waals surface area contributed by atoms with Gasteiger partial charge in [-0.1, -0.05) is 70.8 Å². The summed E-state index contributed by atoms with van der Waals surface area (Å²) in [5.41, 5.74) is 24.2. The van der Waals surface area contributed by atoms with Gasteiger partial charge in [-0.05, 0) is 185 Å². The number of aryl methyl sites for hydroxylation is 8. The molecule has 2 aromatic heterocycles. The van der Waals surface area contributed by atoms with Crippen LogP contribution in [0.25, 0.3) is 45.6 Å². The molecule has 6 heteroatoms. The van der Waals surface area contributed by atoms with Gasteiger partial charge in [-0.25, -0.2) is 0 Å². The van der Waals surface area contributed by atoms with Crippen LogP contribution in [0.2, 0.25) is 12.1 Å². The Labute approximate surface area is 354 Å². The molecule has 2 aliphatic rings. The maximum absolute atomic E-state index is 6.39. The molecular formula is C50H50Cl2O2SiZr. The van der Waals surface area contributed by atoms with Crippen molar-refractivity contribution in [3.8, 4) is 22.3 Å². The van der Waals surface area contributed by atoms with E-state index in [1.165, 1.54) is 100 Å². The molecule has 56 heavy (non-hydrogen) atoms. The molecule has 284 valence electrons. The summed E-state index contributed by atoms with van der Waals surface area (Å²) in [4.78, 5) is 0. The number of halogens is 2. The van der Waals surface area contributed by atoms with E-state index in [1.807, 2.05) is 0 Å². The summed E-state index contributed by atoms with van der Waals surface area (Å²) in [6, 6.07) is 29.6. The second kappa shape index (κ2) is 16.8. The van der Waals surface area contributed by atoms with Gasteiger partial charge in [0.2, 0.25) is 0 Å². The Morgan fingerprint density at radius 2 is 0.875 bits per heavy atom. The molecule has 2 heterocycles. The normalized spacial score (nSPS) is 15.6. The van der Waals surface area contributed by atoms with E-state index in [4.69, 9.17) is 25.9 Å². The Morgan fingerprint density at radius 3 is 1.20 bits per heavy atom. The zero-order valence-corrected chi connectivity index (χ0v) is 39.2. The van der Waals surface area contributed by atoms with Crippen molar-refractivity contribution in [3.63, 3.8) is 0 Å². The Bertz CT molecular complexity index is 2320. The van der Waals surface area contributed by atoms with Gasteiger partial charge in [0.25, 0.3) is 0 Å². The molecule has 0 aliphatic heterocycles. The Balaban J connectivity index is 0.00000155. The standard InChI is InChI=1S/C50H50O2Si.2ClH.Zr/c1-27-15-28(2)18-37(17-27)49-35(9)31(5)21-39-43(49)23-41(47-13-11-33(7)51-47)45(39)25-53-26-46-40-22-32(6)36(10)50(38-19-29(3)16-30(4)20-38)44(40)24-42(46)48-14-12-34(8)52-48;;;/h11-24,45-46H,25-26H2,1-10H3;2*1H;/q;;;+2/p-2. The van der Waals surface area contributed by atoms with Crippen LogP contribution in [0.4, 0.5) is 0 Å². The monoisotopic (exact) mass is 870 g/mol. The van der Waals surface area contributed by atoms with Crippen molar-refractivity contribution < 1.29 is 29.7 Å². The van der Waals surface area contributed by atoms with Gasteiger partial charge in [-0.15, -0.1) is 0 Å². The molecule has 8 rings (SSSR count). The van der Waals surface area contributed by atoms with Crippen molar-refractivity contribution in [2.45, 2.75) is 93.2 Å². The predicted molar refractivity (Wildman–Crippen MR) is 237 cm³/mol. The first-order chi connectivity index (χ1) is 26.8. The molecule has 0 bridgehead atoms. The summed E-state index contributed by atoms with van der Waals surface area (Å²) in [5.74, 6) is 4.44. The molecule has 2 unspecified atom stereocenters. The first kappa shape index (κ1) is 40.8. The molecule has 0 spiro atoms. The van der Waals surface area contributed by atoms with Gasteiger partial charge in [0, 0.05) is 32.5 Å². The molecular weight excluding hydrogens is 823 g/mol. The molecule has 0 saturated heterocycles. The summed E-state index contributed by atoms with van der Waals surface area (Å²) in [5, 5.41) is 0. The van der Waals surface area contributed by atoms with Crippen molar-refractivity contribution in [1.29, 1.82) is 0 Å². The van der Waals surface area contributed by atoms with Crippen LogP contribution in [0, 0.1) is 69.2 Å². The maximum atomic E-state index is 6.39. The summed E-state index contributed by atoms with van der Waals surface area (Å²) < 4.78 is 12.8. The van der Waals surface area contributed by atoms with Crippen molar-refractivity contribution in [2.75, 3.05) is 0 Å². The third-order valence-corrected chi connectivity index (χ3v) is 13.1. The minimum absolute atomic E-state index is 0.266. The molecule has 6 aromatic rings. The molecule has 2 atom stereocenters. The first-order valence-corrected chi connectivity index (χ1v) is 27.2. The van der Waals surface area contributed by atoms with Gasteiger partial charge in [-0.3, -0.25) is 0 Å². The van der Waals surface area contributed by atoms with Crippen LogP contribution in [0.15, 0.2) is 81.6 Å². The molecule has 0 amide bonds. The molecule has 2 nitrogen and oxygen atoms in total. The van der Waals surface area contributed by atoms with Crippen LogP contribution in [-0.4, -0.2) is 9.52 Å². The van der Waals surface area contributed by atoms with Gasteiger partial charge < -0.3 is 8.83 Å².